The number of carbonyl (C=O) groups excluding carboxylic acids is 1. The van der Waals surface area contributed by atoms with Crippen LogP contribution in [0.1, 0.15) is 6.92 Å². The molecule has 0 saturated heterocycles. The molecule has 0 saturated carbocycles. The van der Waals surface area contributed by atoms with Gasteiger partial charge in [-0.25, -0.2) is 4.39 Å². The van der Waals surface area contributed by atoms with Gasteiger partial charge in [-0.1, -0.05) is 0 Å². The quantitative estimate of drug-likeness (QED) is 0.0872. The van der Waals surface area contributed by atoms with E-state index in [1.807, 2.05) is 0 Å². The first kappa shape index (κ1) is 36.0. The summed E-state index contributed by atoms with van der Waals surface area (Å²) < 4.78 is 69.8. The standard InChI is InChI=1S/C24H47FO12/c1-24(26)37-23-22-36-21-20-35-19-18-34-17-16-33-15-14-32-13-12-31-11-10-30-9-8-29-7-6-28-5-4-27-3-2-25/h2-23H2,1H3. The summed E-state index contributed by atoms with van der Waals surface area (Å²) in [7, 11) is 0. The second kappa shape index (κ2) is 33.0. The van der Waals surface area contributed by atoms with Crippen LogP contribution < -0.4 is 0 Å². The van der Waals surface area contributed by atoms with E-state index in [9.17, 15) is 9.18 Å². The first-order valence-electron chi connectivity index (χ1n) is 12.7. The van der Waals surface area contributed by atoms with Crippen molar-refractivity contribution in [3.63, 3.8) is 0 Å². The second-order valence-corrected chi connectivity index (χ2v) is 7.15. The van der Waals surface area contributed by atoms with Crippen LogP contribution in [0.15, 0.2) is 0 Å². The minimum atomic E-state index is -0.476. The van der Waals surface area contributed by atoms with E-state index in [4.69, 9.17) is 52.1 Å². The van der Waals surface area contributed by atoms with Gasteiger partial charge >= 0.3 is 5.97 Å². The highest BCUT2D eigenvalue weighted by Crippen LogP contribution is 1.87. The average molecular weight is 547 g/mol. The number of hydrogen-bond acceptors (Lipinski definition) is 12. The zero-order chi connectivity index (χ0) is 26.9. The second-order valence-electron chi connectivity index (χ2n) is 7.15. The SMILES string of the molecule is CC(=O)OCCOCCOCCOCCOCCOCCOCCOCCOCCOCCOCCF. The van der Waals surface area contributed by atoms with Crippen molar-refractivity contribution in [2.45, 2.75) is 6.92 Å². The van der Waals surface area contributed by atoms with Gasteiger partial charge in [0.2, 0.25) is 0 Å². The van der Waals surface area contributed by atoms with Crippen LogP contribution in [0.25, 0.3) is 0 Å². The van der Waals surface area contributed by atoms with E-state index in [0.29, 0.717) is 126 Å². The topological polar surface area (TPSA) is 119 Å². The first-order valence-corrected chi connectivity index (χ1v) is 12.7. The molecule has 0 aliphatic rings. The number of ether oxygens (including phenoxy) is 11. The van der Waals surface area contributed by atoms with Crippen molar-refractivity contribution in [2.24, 2.45) is 0 Å². The van der Waals surface area contributed by atoms with Crippen LogP contribution in [0, 0.1) is 0 Å². The molecule has 0 aromatic heterocycles. The van der Waals surface area contributed by atoms with Crippen molar-refractivity contribution in [3.05, 3.63) is 0 Å². The van der Waals surface area contributed by atoms with Crippen molar-refractivity contribution >= 4 is 5.97 Å². The summed E-state index contributed by atoms with van der Waals surface area (Å²) in [6, 6.07) is 0. The largest absolute Gasteiger partial charge is 0.463 e. The van der Waals surface area contributed by atoms with Crippen LogP contribution in [-0.2, 0) is 56.9 Å². The van der Waals surface area contributed by atoms with Gasteiger partial charge in [-0.05, 0) is 0 Å². The zero-order valence-electron chi connectivity index (χ0n) is 22.3. The molecule has 0 bridgehead atoms. The Kier molecular flexibility index (Phi) is 32.1. The molecule has 13 heteroatoms. The molecule has 12 nitrogen and oxygen atoms in total. The number of rotatable bonds is 32. The van der Waals surface area contributed by atoms with Crippen LogP contribution >= 0.6 is 0 Å². The molecule has 0 aliphatic heterocycles. The molecule has 222 valence electrons. The number of hydrogen-bond donors (Lipinski definition) is 0. The minimum Gasteiger partial charge on any atom is -0.463 e. The highest BCUT2D eigenvalue weighted by Gasteiger charge is 1.96. The van der Waals surface area contributed by atoms with E-state index in [1.54, 1.807) is 0 Å². The third kappa shape index (κ3) is 35.0. The van der Waals surface area contributed by atoms with Gasteiger partial charge in [0, 0.05) is 6.92 Å². The molecular formula is C24H47FO12. The van der Waals surface area contributed by atoms with Crippen LogP contribution in [0.2, 0.25) is 0 Å². The average Bonchev–Trinajstić information content (AvgIpc) is 2.89. The monoisotopic (exact) mass is 546 g/mol. The van der Waals surface area contributed by atoms with Crippen LogP contribution in [0.3, 0.4) is 0 Å². The molecule has 0 spiro atoms. The van der Waals surface area contributed by atoms with Crippen molar-refractivity contribution < 1.29 is 61.3 Å². The maximum absolute atomic E-state index is 11.8. The molecule has 0 aliphatic carbocycles. The molecule has 0 atom stereocenters. The molecular weight excluding hydrogens is 499 g/mol. The Hall–Kier alpha value is -1.00. The number of alkyl halides is 1. The predicted octanol–water partition coefficient (Wildman–Crippen LogP) is 0.685. The maximum atomic E-state index is 11.8. The lowest BCUT2D eigenvalue weighted by Gasteiger charge is -2.09. The van der Waals surface area contributed by atoms with Crippen LogP contribution in [0.4, 0.5) is 4.39 Å². The third-order valence-corrected chi connectivity index (χ3v) is 4.10. The summed E-state index contributed by atoms with van der Waals surface area (Å²) in [6.45, 7) is 10.2. The fraction of sp³-hybridized carbons (Fsp3) is 0.958. The van der Waals surface area contributed by atoms with E-state index >= 15 is 0 Å². The summed E-state index contributed by atoms with van der Waals surface area (Å²) in [5.74, 6) is -0.313. The van der Waals surface area contributed by atoms with E-state index in [1.165, 1.54) is 6.92 Å². The molecule has 0 radical (unpaired) electrons. The number of carbonyl (C=O) groups is 1. The lowest BCUT2D eigenvalue weighted by molar-refractivity contribution is -0.142. The fourth-order valence-corrected chi connectivity index (χ4v) is 2.38. The normalized spacial score (nSPS) is 11.3. The molecule has 0 fully saturated rings. The highest BCUT2D eigenvalue weighted by atomic mass is 19.1. The number of halogens is 1. The Balaban J connectivity index is 3.02. The Morgan fingerprint density at radius 2 is 0.568 bits per heavy atom. The summed E-state index contributed by atoms with van der Waals surface area (Å²) in [4.78, 5) is 10.6. The summed E-state index contributed by atoms with van der Waals surface area (Å²) in [6.07, 6.45) is 0. The Morgan fingerprint density at radius 1 is 0.378 bits per heavy atom. The molecule has 0 aromatic rings. The highest BCUT2D eigenvalue weighted by molar-refractivity contribution is 5.65. The van der Waals surface area contributed by atoms with E-state index in [-0.39, 0.29) is 19.2 Å². The molecule has 0 aromatic carbocycles. The van der Waals surface area contributed by atoms with Crippen molar-refractivity contribution in [3.8, 4) is 0 Å². The minimum absolute atomic E-state index is 0.111. The van der Waals surface area contributed by atoms with E-state index < -0.39 is 6.67 Å². The molecule has 0 heterocycles. The lowest BCUT2D eigenvalue weighted by Crippen LogP contribution is -2.15. The smallest absolute Gasteiger partial charge is 0.302 e. The molecule has 0 unspecified atom stereocenters. The zero-order valence-corrected chi connectivity index (χ0v) is 22.3. The lowest BCUT2D eigenvalue weighted by atomic mass is 10.6. The Bertz CT molecular complexity index is 448. The predicted molar refractivity (Wildman–Crippen MR) is 131 cm³/mol. The fourth-order valence-electron chi connectivity index (χ4n) is 2.38. The number of esters is 1. The summed E-state index contributed by atoms with van der Waals surface area (Å²) in [5, 5.41) is 0. The van der Waals surface area contributed by atoms with Crippen molar-refractivity contribution in [2.75, 3.05) is 145 Å². The molecule has 0 rings (SSSR count). The Labute approximate surface area is 220 Å². The van der Waals surface area contributed by atoms with Crippen molar-refractivity contribution in [1.82, 2.24) is 0 Å². The third-order valence-electron chi connectivity index (χ3n) is 4.10. The van der Waals surface area contributed by atoms with Crippen LogP contribution in [-0.4, -0.2) is 151 Å². The van der Waals surface area contributed by atoms with Gasteiger partial charge in [0.15, 0.2) is 0 Å². The van der Waals surface area contributed by atoms with Gasteiger partial charge in [-0.2, -0.15) is 0 Å². The van der Waals surface area contributed by atoms with Crippen LogP contribution in [0.5, 0.6) is 0 Å². The van der Waals surface area contributed by atoms with Gasteiger partial charge in [0.25, 0.3) is 0 Å². The molecule has 37 heavy (non-hydrogen) atoms. The van der Waals surface area contributed by atoms with E-state index in [2.05, 4.69) is 0 Å². The van der Waals surface area contributed by atoms with E-state index in [0.717, 1.165) is 0 Å². The summed E-state index contributed by atoms with van der Waals surface area (Å²) >= 11 is 0. The molecule has 0 N–H and O–H groups in total. The Morgan fingerprint density at radius 3 is 0.757 bits per heavy atom. The van der Waals surface area contributed by atoms with Gasteiger partial charge in [-0.3, -0.25) is 4.79 Å². The maximum Gasteiger partial charge on any atom is 0.302 e. The molecule has 0 amide bonds. The van der Waals surface area contributed by atoms with Gasteiger partial charge in [0.1, 0.15) is 13.3 Å². The van der Waals surface area contributed by atoms with Gasteiger partial charge in [0.05, 0.1) is 132 Å². The summed E-state index contributed by atoms with van der Waals surface area (Å²) in [5.41, 5.74) is 0. The van der Waals surface area contributed by atoms with Crippen molar-refractivity contribution in [1.29, 1.82) is 0 Å². The van der Waals surface area contributed by atoms with Gasteiger partial charge < -0.3 is 52.1 Å². The first-order chi connectivity index (χ1) is 18.3. The van der Waals surface area contributed by atoms with Gasteiger partial charge in [-0.15, -0.1) is 0 Å².